The van der Waals surface area contributed by atoms with E-state index in [0.29, 0.717) is 17.2 Å². The van der Waals surface area contributed by atoms with Gasteiger partial charge in [0.1, 0.15) is 0 Å². The molecule has 0 radical (unpaired) electrons. The molecule has 34 heavy (non-hydrogen) atoms. The number of benzene rings is 2. The monoisotopic (exact) mass is 456 g/mol. The van der Waals surface area contributed by atoms with E-state index in [1.165, 1.54) is 0 Å². The third kappa shape index (κ3) is 5.05. The van der Waals surface area contributed by atoms with Gasteiger partial charge in [0.2, 0.25) is 11.8 Å². The highest BCUT2D eigenvalue weighted by Crippen LogP contribution is 2.37. The predicted octanol–water partition coefficient (Wildman–Crippen LogP) is 5.36. The van der Waals surface area contributed by atoms with Gasteiger partial charge < -0.3 is 10.6 Å². The van der Waals surface area contributed by atoms with Crippen LogP contribution in [0.1, 0.15) is 68.2 Å². The number of amides is 2. The van der Waals surface area contributed by atoms with E-state index in [-0.39, 0.29) is 23.8 Å². The quantitative estimate of drug-likeness (QED) is 0.613. The van der Waals surface area contributed by atoms with Crippen molar-refractivity contribution < 1.29 is 9.59 Å². The summed E-state index contributed by atoms with van der Waals surface area (Å²) < 4.78 is 0. The van der Waals surface area contributed by atoms with Crippen LogP contribution in [0.4, 0.5) is 11.4 Å². The van der Waals surface area contributed by atoms with Crippen LogP contribution in [0.2, 0.25) is 0 Å². The molecule has 2 heterocycles. The highest BCUT2D eigenvalue weighted by atomic mass is 16.2. The van der Waals surface area contributed by atoms with Crippen LogP contribution in [-0.2, 0) is 9.59 Å². The number of likely N-dealkylation sites (tertiary alicyclic amines) is 1. The predicted molar refractivity (Wildman–Crippen MR) is 134 cm³/mol. The number of para-hydroxylation sites is 1. The molecular formula is C28H32N4O2. The Morgan fingerprint density at radius 1 is 1.15 bits per heavy atom. The van der Waals surface area contributed by atoms with Crippen molar-refractivity contribution in [3.8, 4) is 6.07 Å². The number of fused-ring (bicyclic) bond motifs is 1. The van der Waals surface area contributed by atoms with Crippen LogP contribution in [0.5, 0.6) is 0 Å². The van der Waals surface area contributed by atoms with Gasteiger partial charge in [0, 0.05) is 23.4 Å². The minimum atomic E-state index is -0.0973. The van der Waals surface area contributed by atoms with E-state index in [1.54, 1.807) is 6.08 Å². The largest absolute Gasteiger partial charge is 0.326 e. The molecule has 6 heteroatoms. The normalized spacial score (nSPS) is 18.6. The molecule has 2 N–H and O–H groups in total. The Labute approximate surface area is 201 Å². The molecule has 2 amide bonds. The average Bonchev–Trinajstić information content (AvgIpc) is 3.03. The molecule has 1 saturated heterocycles. The first-order chi connectivity index (χ1) is 16.5. The topological polar surface area (TPSA) is 85.2 Å². The number of rotatable bonds is 6. The molecule has 0 aliphatic carbocycles. The Bertz CT molecular complexity index is 1120. The number of hydrogen-bond acceptors (Lipinski definition) is 4. The second kappa shape index (κ2) is 10.7. The Morgan fingerprint density at radius 3 is 2.59 bits per heavy atom. The van der Waals surface area contributed by atoms with Gasteiger partial charge in [0.15, 0.2) is 0 Å². The maximum atomic E-state index is 12.4. The van der Waals surface area contributed by atoms with E-state index >= 15 is 0 Å². The van der Waals surface area contributed by atoms with Crippen molar-refractivity contribution in [1.29, 1.82) is 5.26 Å². The molecule has 2 aliphatic rings. The molecule has 4 rings (SSSR count). The summed E-state index contributed by atoms with van der Waals surface area (Å²) in [6.07, 6.45) is 7.08. The molecule has 176 valence electrons. The molecule has 1 unspecified atom stereocenters. The van der Waals surface area contributed by atoms with Gasteiger partial charge in [-0.15, -0.1) is 0 Å². The lowest BCUT2D eigenvalue weighted by atomic mass is 9.85. The van der Waals surface area contributed by atoms with Gasteiger partial charge >= 0.3 is 0 Å². The Kier molecular flexibility index (Phi) is 7.44. The fourth-order valence-electron chi connectivity index (χ4n) is 5.12. The van der Waals surface area contributed by atoms with Gasteiger partial charge in [-0.25, -0.2) is 0 Å². The molecule has 0 saturated carbocycles. The third-order valence-electron chi connectivity index (χ3n) is 7.13. The van der Waals surface area contributed by atoms with Crippen molar-refractivity contribution in [2.24, 2.45) is 5.92 Å². The van der Waals surface area contributed by atoms with Crippen molar-refractivity contribution in [2.75, 3.05) is 23.7 Å². The summed E-state index contributed by atoms with van der Waals surface area (Å²) in [6, 6.07) is 16.1. The van der Waals surface area contributed by atoms with Crippen LogP contribution in [0, 0.1) is 17.2 Å². The minimum Gasteiger partial charge on any atom is -0.326 e. The summed E-state index contributed by atoms with van der Waals surface area (Å²) in [7, 11) is 0. The first-order valence-electron chi connectivity index (χ1n) is 12.2. The molecule has 6 nitrogen and oxygen atoms in total. The number of nitriles is 1. The van der Waals surface area contributed by atoms with Gasteiger partial charge in [-0.2, -0.15) is 5.26 Å². The number of nitrogens with one attached hydrogen (secondary N) is 2. The number of anilines is 2. The standard InChI is InChI=1S/C28H32N4O2/c1-3-19(4-2)28(34)30-22-9-10-23(21(17-22)18-29)20-13-15-32(16-14-20)26-11-12-27(33)31-25-8-6-5-7-24(25)26/h5-12,17,19-20,26H,3-4,13-16H2,1-2H3,(H,30,34)(H,31,33). The van der Waals surface area contributed by atoms with Crippen LogP contribution < -0.4 is 10.6 Å². The van der Waals surface area contributed by atoms with Gasteiger partial charge in [-0.3, -0.25) is 14.5 Å². The second-order valence-corrected chi connectivity index (χ2v) is 9.11. The Balaban J connectivity index is 1.46. The lowest BCUT2D eigenvalue weighted by molar-refractivity contribution is -0.120. The summed E-state index contributed by atoms with van der Waals surface area (Å²) in [4.78, 5) is 26.9. The van der Waals surface area contributed by atoms with E-state index in [9.17, 15) is 14.9 Å². The van der Waals surface area contributed by atoms with Crippen molar-refractivity contribution in [1.82, 2.24) is 4.90 Å². The maximum Gasteiger partial charge on any atom is 0.248 e. The third-order valence-corrected chi connectivity index (χ3v) is 7.13. The molecule has 1 fully saturated rings. The van der Waals surface area contributed by atoms with Gasteiger partial charge in [-0.1, -0.05) is 44.2 Å². The Morgan fingerprint density at radius 2 is 1.88 bits per heavy atom. The van der Waals surface area contributed by atoms with Gasteiger partial charge in [0.25, 0.3) is 0 Å². The van der Waals surface area contributed by atoms with Crippen LogP contribution in [0.25, 0.3) is 0 Å². The number of carbonyl (C=O) groups is 2. The van der Waals surface area contributed by atoms with Gasteiger partial charge in [-0.05, 0) is 74.0 Å². The van der Waals surface area contributed by atoms with Crippen LogP contribution in [0.15, 0.2) is 54.6 Å². The summed E-state index contributed by atoms with van der Waals surface area (Å²) in [5, 5.41) is 15.7. The minimum absolute atomic E-state index is 0.0109. The molecular weight excluding hydrogens is 424 g/mol. The first kappa shape index (κ1) is 23.7. The average molecular weight is 457 g/mol. The summed E-state index contributed by atoms with van der Waals surface area (Å²) >= 11 is 0. The summed E-state index contributed by atoms with van der Waals surface area (Å²) in [5.74, 6) is 0.196. The summed E-state index contributed by atoms with van der Waals surface area (Å²) in [6.45, 7) is 5.78. The Hall–Kier alpha value is -3.43. The van der Waals surface area contributed by atoms with Crippen LogP contribution in [-0.4, -0.2) is 29.8 Å². The molecule has 1 atom stereocenters. The van der Waals surface area contributed by atoms with Crippen molar-refractivity contribution in [3.05, 3.63) is 71.3 Å². The van der Waals surface area contributed by atoms with Crippen molar-refractivity contribution in [3.63, 3.8) is 0 Å². The fourth-order valence-corrected chi connectivity index (χ4v) is 5.12. The number of hydrogen-bond donors (Lipinski definition) is 2. The molecule has 0 spiro atoms. The number of carbonyl (C=O) groups excluding carboxylic acids is 2. The summed E-state index contributed by atoms with van der Waals surface area (Å²) in [5.41, 5.74) is 4.35. The molecule has 2 aliphatic heterocycles. The van der Waals surface area contributed by atoms with Crippen LogP contribution >= 0.6 is 0 Å². The van der Waals surface area contributed by atoms with E-state index in [4.69, 9.17) is 0 Å². The lowest BCUT2D eigenvalue weighted by Crippen LogP contribution is -2.35. The SMILES string of the molecule is CCC(CC)C(=O)Nc1ccc(C2CCN(C3C=CC(=O)Nc4ccccc43)CC2)c(C#N)c1. The smallest absolute Gasteiger partial charge is 0.248 e. The molecule has 0 bridgehead atoms. The van der Waals surface area contributed by atoms with E-state index in [2.05, 4.69) is 27.7 Å². The number of nitrogens with zero attached hydrogens (tertiary/aromatic N) is 2. The zero-order chi connectivity index (χ0) is 24.1. The molecule has 0 aromatic heterocycles. The first-order valence-corrected chi connectivity index (χ1v) is 12.2. The fraction of sp³-hybridized carbons (Fsp3) is 0.393. The zero-order valence-corrected chi connectivity index (χ0v) is 19.9. The lowest BCUT2D eigenvalue weighted by Gasteiger charge is -2.37. The van der Waals surface area contributed by atoms with Crippen molar-refractivity contribution in [2.45, 2.75) is 51.5 Å². The maximum absolute atomic E-state index is 12.4. The molecule has 2 aromatic rings. The molecule has 2 aromatic carbocycles. The van der Waals surface area contributed by atoms with Gasteiger partial charge in [0.05, 0.1) is 17.7 Å². The highest BCUT2D eigenvalue weighted by Gasteiger charge is 2.29. The van der Waals surface area contributed by atoms with E-state index in [0.717, 1.165) is 55.6 Å². The van der Waals surface area contributed by atoms with Crippen LogP contribution in [0.3, 0.4) is 0 Å². The second-order valence-electron chi connectivity index (χ2n) is 9.11. The highest BCUT2D eigenvalue weighted by molar-refractivity contribution is 6.00. The van der Waals surface area contributed by atoms with E-state index in [1.807, 2.05) is 56.3 Å². The number of piperidine rings is 1. The van der Waals surface area contributed by atoms with E-state index < -0.39 is 0 Å². The van der Waals surface area contributed by atoms with Crippen molar-refractivity contribution >= 4 is 23.2 Å². The zero-order valence-electron chi connectivity index (χ0n) is 19.9.